The maximum atomic E-state index is 13.0. The topological polar surface area (TPSA) is 21.3 Å². The molecule has 0 amide bonds. The number of aryl methyl sites for hydroxylation is 1. The predicted octanol–water partition coefficient (Wildman–Crippen LogP) is 2.90. The van der Waals surface area contributed by atoms with Crippen molar-refractivity contribution >= 4 is 0 Å². The van der Waals surface area contributed by atoms with Gasteiger partial charge in [0.2, 0.25) is 0 Å². The van der Waals surface area contributed by atoms with E-state index in [1.54, 1.807) is 6.07 Å². The van der Waals surface area contributed by atoms with Gasteiger partial charge in [0, 0.05) is 6.07 Å². The van der Waals surface area contributed by atoms with Crippen molar-refractivity contribution in [2.24, 2.45) is 0 Å². The Morgan fingerprint density at radius 1 is 1.44 bits per heavy atom. The molecule has 0 aromatic heterocycles. The van der Waals surface area contributed by atoms with Gasteiger partial charge in [-0.05, 0) is 51.9 Å². The van der Waals surface area contributed by atoms with Crippen LogP contribution in [0.5, 0.6) is 5.75 Å². The molecule has 1 aromatic rings. The number of halogens is 1. The van der Waals surface area contributed by atoms with Gasteiger partial charge in [0.05, 0.1) is 6.10 Å². The molecule has 3 heteroatoms. The van der Waals surface area contributed by atoms with Crippen LogP contribution < -0.4 is 10.1 Å². The summed E-state index contributed by atoms with van der Waals surface area (Å²) in [4.78, 5) is 0. The SMILES string of the molecule is CNCCCC(C)Oc1cc(F)ccc1C. The van der Waals surface area contributed by atoms with E-state index in [0.29, 0.717) is 5.75 Å². The number of ether oxygens (including phenoxy) is 1. The van der Waals surface area contributed by atoms with Crippen LogP contribution in [-0.4, -0.2) is 19.7 Å². The van der Waals surface area contributed by atoms with Crippen molar-refractivity contribution in [2.75, 3.05) is 13.6 Å². The molecule has 0 aliphatic heterocycles. The lowest BCUT2D eigenvalue weighted by Crippen LogP contribution is -2.16. The highest BCUT2D eigenvalue weighted by molar-refractivity contribution is 5.32. The molecule has 1 aromatic carbocycles. The number of hydrogen-bond donors (Lipinski definition) is 1. The van der Waals surface area contributed by atoms with Gasteiger partial charge in [0.1, 0.15) is 11.6 Å². The molecule has 1 unspecified atom stereocenters. The normalized spacial score (nSPS) is 12.5. The molecule has 1 atom stereocenters. The lowest BCUT2D eigenvalue weighted by molar-refractivity contribution is 0.205. The molecule has 0 aliphatic carbocycles. The number of nitrogens with one attached hydrogen (secondary N) is 1. The molecule has 0 aliphatic rings. The molecule has 0 bridgehead atoms. The Morgan fingerprint density at radius 2 is 2.19 bits per heavy atom. The lowest BCUT2D eigenvalue weighted by atomic mass is 10.2. The Bertz CT molecular complexity index is 328. The molecule has 0 saturated heterocycles. The second kappa shape index (κ2) is 6.48. The molecule has 0 heterocycles. The molecule has 16 heavy (non-hydrogen) atoms. The van der Waals surface area contributed by atoms with Crippen molar-refractivity contribution in [1.82, 2.24) is 5.32 Å². The first kappa shape index (κ1) is 13.0. The summed E-state index contributed by atoms with van der Waals surface area (Å²) in [5.74, 6) is 0.403. The van der Waals surface area contributed by atoms with Crippen LogP contribution in [0, 0.1) is 12.7 Å². The first-order valence-electron chi connectivity index (χ1n) is 5.71. The van der Waals surface area contributed by atoms with E-state index >= 15 is 0 Å². The van der Waals surface area contributed by atoms with Crippen molar-refractivity contribution in [3.8, 4) is 5.75 Å². The Kier molecular flexibility index (Phi) is 5.26. The number of rotatable bonds is 6. The number of hydrogen-bond acceptors (Lipinski definition) is 2. The lowest BCUT2D eigenvalue weighted by Gasteiger charge is -2.16. The summed E-state index contributed by atoms with van der Waals surface area (Å²) in [5.41, 5.74) is 0.974. The summed E-state index contributed by atoms with van der Waals surface area (Å²) < 4.78 is 18.7. The van der Waals surface area contributed by atoms with Crippen LogP contribution in [0.2, 0.25) is 0 Å². The standard InChI is InChI=1S/C13H20FNO/c1-10-6-7-12(14)9-13(10)16-11(2)5-4-8-15-3/h6-7,9,11,15H,4-5,8H2,1-3H3. The summed E-state index contributed by atoms with van der Waals surface area (Å²) in [6.45, 7) is 4.92. The zero-order chi connectivity index (χ0) is 12.0. The van der Waals surface area contributed by atoms with Gasteiger partial charge < -0.3 is 10.1 Å². The van der Waals surface area contributed by atoms with Gasteiger partial charge >= 0.3 is 0 Å². The van der Waals surface area contributed by atoms with Gasteiger partial charge in [-0.1, -0.05) is 6.07 Å². The minimum atomic E-state index is -0.247. The van der Waals surface area contributed by atoms with Gasteiger partial charge in [-0.3, -0.25) is 0 Å². The molecule has 1 N–H and O–H groups in total. The van der Waals surface area contributed by atoms with Crippen LogP contribution >= 0.6 is 0 Å². The van der Waals surface area contributed by atoms with Crippen LogP contribution in [0.3, 0.4) is 0 Å². The first-order chi connectivity index (χ1) is 7.63. The minimum Gasteiger partial charge on any atom is -0.490 e. The fourth-order valence-electron chi connectivity index (χ4n) is 1.54. The van der Waals surface area contributed by atoms with Crippen LogP contribution in [0.15, 0.2) is 18.2 Å². The van der Waals surface area contributed by atoms with Gasteiger partial charge in [-0.15, -0.1) is 0 Å². The molecule has 2 nitrogen and oxygen atoms in total. The van der Waals surface area contributed by atoms with E-state index in [4.69, 9.17) is 4.74 Å². The summed E-state index contributed by atoms with van der Waals surface area (Å²) in [6.07, 6.45) is 2.15. The third-order valence-corrected chi connectivity index (χ3v) is 2.52. The van der Waals surface area contributed by atoms with Crippen LogP contribution in [0.1, 0.15) is 25.3 Å². The van der Waals surface area contributed by atoms with Crippen molar-refractivity contribution in [3.05, 3.63) is 29.6 Å². The van der Waals surface area contributed by atoms with Crippen LogP contribution in [0.4, 0.5) is 4.39 Å². The number of benzene rings is 1. The summed E-state index contributed by atoms with van der Waals surface area (Å²) >= 11 is 0. The highest BCUT2D eigenvalue weighted by atomic mass is 19.1. The Balaban J connectivity index is 2.48. The third kappa shape index (κ3) is 4.19. The molecule has 90 valence electrons. The van der Waals surface area contributed by atoms with Crippen molar-refractivity contribution in [2.45, 2.75) is 32.8 Å². The van der Waals surface area contributed by atoms with E-state index in [-0.39, 0.29) is 11.9 Å². The van der Waals surface area contributed by atoms with Gasteiger partial charge in [-0.2, -0.15) is 0 Å². The maximum absolute atomic E-state index is 13.0. The Morgan fingerprint density at radius 3 is 2.88 bits per heavy atom. The van der Waals surface area contributed by atoms with Gasteiger partial charge in [-0.25, -0.2) is 4.39 Å². The van der Waals surface area contributed by atoms with E-state index in [9.17, 15) is 4.39 Å². The second-order valence-electron chi connectivity index (χ2n) is 4.08. The molecule has 0 radical (unpaired) electrons. The fourth-order valence-corrected chi connectivity index (χ4v) is 1.54. The summed E-state index contributed by atoms with van der Waals surface area (Å²) in [6, 6.07) is 4.64. The Labute approximate surface area is 96.8 Å². The van der Waals surface area contributed by atoms with Crippen molar-refractivity contribution in [3.63, 3.8) is 0 Å². The van der Waals surface area contributed by atoms with Crippen LogP contribution in [0.25, 0.3) is 0 Å². The fraction of sp³-hybridized carbons (Fsp3) is 0.538. The van der Waals surface area contributed by atoms with E-state index in [1.807, 2.05) is 20.9 Å². The maximum Gasteiger partial charge on any atom is 0.126 e. The monoisotopic (exact) mass is 225 g/mol. The highest BCUT2D eigenvalue weighted by Crippen LogP contribution is 2.20. The van der Waals surface area contributed by atoms with Crippen molar-refractivity contribution in [1.29, 1.82) is 0 Å². The van der Waals surface area contributed by atoms with Gasteiger partial charge in [0.25, 0.3) is 0 Å². The van der Waals surface area contributed by atoms with E-state index in [0.717, 1.165) is 24.9 Å². The second-order valence-corrected chi connectivity index (χ2v) is 4.08. The largest absolute Gasteiger partial charge is 0.490 e. The Hall–Kier alpha value is -1.09. The summed E-state index contributed by atoms with van der Waals surface area (Å²) in [5, 5.41) is 3.09. The third-order valence-electron chi connectivity index (χ3n) is 2.52. The highest BCUT2D eigenvalue weighted by Gasteiger charge is 2.07. The molecule has 0 fully saturated rings. The predicted molar refractivity (Wildman–Crippen MR) is 64.4 cm³/mol. The van der Waals surface area contributed by atoms with E-state index in [1.165, 1.54) is 12.1 Å². The smallest absolute Gasteiger partial charge is 0.126 e. The summed E-state index contributed by atoms with van der Waals surface area (Å²) in [7, 11) is 1.93. The average molecular weight is 225 g/mol. The van der Waals surface area contributed by atoms with E-state index in [2.05, 4.69) is 5.32 Å². The average Bonchev–Trinajstić information content (AvgIpc) is 2.24. The molecule has 0 spiro atoms. The molecule has 1 rings (SSSR count). The van der Waals surface area contributed by atoms with Crippen LogP contribution in [-0.2, 0) is 0 Å². The molecular weight excluding hydrogens is 205 g/mol. The zero-order valence-electron chi connectivity index (χ0n) is 10.2. The quantitative estimate of drug-likeness (QED) is 0.752. The molecular formula is C13H20FNO. The first-order valence-corrected chi connectivity index (χ1v) is 5.71. The molecule has 0 saturated carbocycles. The zero-order valence-corrected chi connectivity index (χ0v) is 10.2. The van der Waals surface area contributed by atoms with Crippen molar-refractivity contribution < 1.29 is 9.13 Å². The minimum absolute atomic E-state index is 0.119. The van der Waals surface area contributed by atoms with E-state index < -0.39 is 0 Å². The van der Waals surface area contributed by atoms with Gasteiger partial charge in [0.15, 0.2) is 0 Å².